The quantitative estimate of drug-likeness (QED) is 0.866. The molecule has 4 heteroatoms. The van der Waals surface area contributed by atoms with Gasteiger partial charge in [0.2, 0.25) is 0 Å². The minimum Gasteiger partial charge on any atom is -0.356 e. The fourth-order valence-electron chi connectivity index (χ4n) is 2.28. The van der Waals surface area contributed by atoms with Crippen molar-refractivity contribution in [2.45, 2.75) is 40.3 Å². The van der Waals surface area contributed by atoms with Crippen LogP contribution in [-0.2, 0) is 6.54 Å². The van der Waals surface area contributed by atoms with Gasteiger partial charge in [-0.05, 0) is 26.0 Å². The van der Waals surface area contributed by atoms with Gasteiger partial charge in [-0.3, -0.25) is 0 Å². The van der Waals surface area contributed by atoms with E-state index < -0.39 is 0 Å². The molecule has 19 heavy (non-hydrogen) atoms. The van der Waals surface area contributed by atoms with Crippen LogP contribution in [0.3, 0.4) is 0 Å². The average molecular weight is 260 g/mol. The van der Waals surface area contributed by atoms with Gasteiger partial charge in [0.25, 0.3) is 0 Å². The van der Waals surface area contributed by atoms with Gasteiger partial charge < -0.3 is 14.6 Å². The van der Waals surface area contributed by atoms with Crippen LogP contribution in [0, 0.1) is 0 Å². The summed E-state index contributed by atoms with van der Waals surface area (Å²) in [4.78, 5) is 7.09. The van der Waals surface area contributed by atoms with Crippen molar-refractivity contribution in [2.24, 2.45) is 0 Å². The molecule has 0 atom stereocenters. The minimum absolute atomic E-state index is 0.471. The number of hydrogen-bond donors (Lipinski definition) is 1. The Bertz CT molecular complexity index is 526. The Labute approximate surface area is 115 Å². The highest BCUT2D eigenvalue weighted by atomic mass is 15.2. The standard InChI is InChI=1S/C15H24N4/c1-5-18(6-2)15-13(11-16-12(3)4)19-10-8-7-9-14(19)17-15/h7-10,12,16H,5-6,11H2,1-4H3. The lowest BCUT2D eigenvalue weighted by Gasteiger charge is -2.20. The van der Waals surface area contributed by atoms with Gasteiger partial charge in [-0.15, -0.1) is 0 Å². The Hall–Kier alpha value is -1.55. The molecule has 0 aromatic carbocycles. The Morgan fingerprint density at radius 1 is 1.26 bits per heavy atom. The zero-order valence-corrected chi connectivity index (χ0v) is 12.3. The molecule has 4 nitrogen and oxygen atoms in total. The van der Waals surface area contributed by atoms with Crippen LogP contribution in [0.1, 0.15) is 33.4 Å². The van der Waals surface area contributed by atoms with Gasteiger partial charge in [-0.25, -0.2) is 4.98 Å². The number of pyridine rings is 1. The fraction of sp³-hybridized carbons (Fsp3) is 0.533. The number of nitrogens with zero attached hydrogens (tertiary/aromatic N) is 3. The van der Waals surface area contributed by atoms with Crippen LogP contribution < -0.4 is 10.2 Å². The summed E-state index contributed by atoms with van der Waals surface area (Å²) >= 11 is 0. The number of anilines is 1. The molecule has 0 unspecified atom stereocenters. The van der Waals surface area contributed by atoms with E-state index in [0.717, 1.165) is 31.1 Å². The van der Waals surface area contributed by atoms with Crippen molar-refractivity contribution in [3.05, 3.63) is 30.1 Å². The minimum atomic E-state index is 0.471. The Balaban J connectivity index is 2.45. The van der Waals surface area contributed by atoms with E-state index >= 15 is 0 Å². The second-order valence-corrected chi connectivity index (χ2v) is 5.02. The molecule has 0 saturated carbocycles. The third-order valence-corrected chi connectivity index (χ3v) is 3.35. The molecule has 1 N–H and O–H groups in total. The van der Waals surface area contributed by atoms with Crippen LogP contribution in [0.25, 0.3) is 5.65 Å². The van der Waals surface area contributed by atoms with Crippen molar-refractivity contribution in [1.29, 1.82) is 0 Å². The lowest BCUT2D eigenvalue weighted by atomic mass is 10.3. The second kappa shape index (κ2) is 6.06. The Morgan fingerprint density at radius 2 is 2.00 bits per heavy atom. The van der Waals surface area contributed by atoms with Gasteiger partial charge in [0.05, 0.1) is 5.69 Å². The topological polar surface area (TPSA) is 32.6 Å². The molecule has 0 radical (unpaired) electrons. The van der Waals surface area contributed by atoms with Gasteiger partial charge in [0.15, 0.2) is 5.82 Å². The lowest BCUT2D eigenvalue weighted by molar-refractivity contribution is 0.578. The van der Waals surface area contributed by atoms with Crippen LogP contribution in [0.4, 0.5) is 5.82 Å². The first-order chi connectivity index (χ1) is 9.17. The van der Waals surface area contributed by atoms with Gasteiger partial charge >= 0.3 is 0 Å². The summed E-state index contributed by atoms with van der Waals surface area (Å²) in [5, 5.41) is 3.50. The SMILES string of the molecule is CCN(CC)c1nc2ccccn2c1CNC(C)C. The summed E-state index contributed by atoms with van der Waals surface area (Å²) in [7, 11) is 0. The molecule has 0 spiro atoms. The van der Waals surface area contributed by atoms with Crippen molar-refractivity contribution < 1.29 is 0 Å². The molecule has 0 saturated heterocycles. The molecular formula is C15H24N4. The predicted molar refractivity (Wildman–Crippen MR) is 80.7 cm³/mol. The molecule has 0 aliphatic carbocycles. The van der Waals surface area contributed by atoms with Crippen molar-refractivity contribution >= 4 is 11.5 Å². The summed E-state index contributed by atoms with van der Waals surface area (Å²) in [5.41, 5.74) is 2.26. The highest BCUT2D eigenvalue weighted by Gasteiger charge is 2.15. The van der Waals surface area contributed by atoms with Crippen LogP contribution in [0.15, 0.2) is 24.4 Å². The van der Waals surface area contributed by atoms with Gasteiger partial charge in [0, 0.05) is 31.9 Å². The smallest absolute Gasteiger partial charge is 0.152 e. The first-order valence-electron chi connectivity index (χ1n) is 7.11. The molecule has 0 aliphatic rings. The number of nitrogens with one attached hydrogen (secondary N) is 1. The largest absolute Gasteiger partial charge is 0.356 e. The molecule has 2 heterocycles. The van der Waals surface area contributed by atoms with E-state index in [9.17, 15) is 0 Å². The third kappa shape index (κ3) is 2.89. The van der Waals surface area contributed by atoms with E-state index in [-0.39, 0.29) is 0 Å². The molecule has 104 valence electrons. The Kier molecular flexibility index (Phi) is 4.43. The maximum atomic E-state index is 4.78. The summed E-state index contributed by atoms with van der Waals surface area (Å²) in [5.74, 6) is 1.10. The monoisotopic (exact) mass is 260 g/mol. The molecule has 2 rings (SSSR count). The lowest BCUT2D eigenvalue weighted by Crippen LogP contribution is -2.27. The zero-order valence-electron chi connectivity index (χ0n) is 12.3. The summed E-state index contributed by atoms with van der Waals surface area (Å²) < 4.78 is 2.18. The zero-order chi connectivity index (χ0) is 13.8. The third-order valence-electron chi connectivity index (χ3n) is 3.35. The van der Waals surface area contributed by atoms with Crippen molar-refractivity contribution in [1.82, 2.24) is 14.7 Å². The van der Waals surface area contributed by atoms with Gasteiger partial charge in [0.1, 0.15) is 5.65 Å². The summed E-state index contributed by atoms with van der Waals surface area (Å²) in [6, 6.07) is 6.62. The van der Waals surface area contributed by atoms with Crippen LogP contribution in [-0.4, -0.2) is 28.5 Å². The molecule has 0 fully saturated rings. The molecule has 2 aromatic heterocycles. The number of fused-ring (bicyclic) bond motifs is 1. The highest BCUT2D eigenvalue weighted by molar-refractivity contribution is 5.55. The normalized spacial score (nSPS) is 11.4. The fourth-order valence-corrected chi connectivity index (χ4v) is 2.28. The van der Waals surface area contributed by atoms with Gasteiger partial charge in [-0.1, -0.05) is 19.9 Å². The van der Waals surface area contributed by atoms with E-state index in [1.54, 1.807) is 0 Å². The number of imidazole rings is 1. The maximum absolute atomic E-state index is 4.78. The average Bonchev–Trinajstić information content (AvgIpc) is 2.76. The molecule has 2 aromatic rings. The van der Waals surface area contributed by atoms with Crippen LogP contribution in [0.5, 0.6) is 0 Å². The van der Waals surface area contributed by atoms with E-state index in [0.29, 0.717) is 6.04 Å². The first-order valence-corrected chi connectivity index (χ1v) is 7.11. The first kappa shape index (κ1) is 13.9. The van der Waals surface area contributed by atoms with Gasteiger partial charge in [-0.2, -0.15) is 0 Å². The molecule has 0 aliphatic heterocycles. The molecular weight excluding hydrogens is 236 g/mol. The van der Waals surface area contributed by atoms with Crippen molar-refractivity contribution in [3.8, 4) is 0 Å². The summed E-state index contributed by atoms with van der Waals surface area (Å²) in [6.45, 7) is 11.5. The number of aromatic nitrogens is 2. The van der Waals surface area contributed by atoms with E-state index in [2.05, 4.69) is 60.6 Å². The van der Waals surface area contributed by atoms with E-state index in [4.69, 9.17) is 4.98 Å². The van der Waals surface area contributed by atoms with E-state index in [1.807, 2.05) is 6.07 Å². The maximum Gasteiger partial charge on any atom is 0.152 e. The second-order valence-electron chi connectivity index (χ2n) is 5.02. The summed E-state index contributed by atoms with van der Waals surface area (Å²) in [6.07, 6.45) is 2.09. The molecule has 0 bridgehead atoms. The van der Waals surface area contributed by atoms with Crippen LogP contribution >= 0.6 is 0 Å². The van der Waals surface area contributed by atoms with Crippen molar-refractivity contribution in [2.75, 3.05) is 18.0 Å². The predicted octanol–water partition coefficient (Wildman–Crippen LogP) is 2.68. The highest BCUT2D eigenvalue weighted by Crippen LogP contribution is 2.21. The molecule has 0 amide bonds. The number of rotatable bonds is 6. The van der Waals surface area contributed by atoms with Crippen LogP contribution in [0.2, 0.25) is 0 Å². The van der Waals surface area contributed by atoms with Crippen molar-refractivity contribution in [3.63, 3.8) is 0 Å². The number of hydrogen-bond acceptors (Lipinski definition) is 3. The Morgan fingerprint density at radius 3 is 2.63 bits per heavy atom. The van der Waals surface area contributed by atoms with E-state index in [1.165, 1.54) is 5.69 Å².